The van der Waals surface area contributed by atoms with Gasteiger partial charge in [0.2, 0.25) is 5.91 Å². The van der Waals surface area contributed by atoms with E-state index in [0.717, 1.165) is 5.56 Å². The van der Waals surface area contributed by atoms with E-state index in [1.807, 2.05) is 6.07 Å². The number of carbonyl (C=O) groups excluding carboxylic acids is 2. The predicted octanol–water partition coefficient (Wildman–Crippen LogP) is 0.168. The van der Waals surface area contributed by atoms with E-state index in [-0.39, 0.29) is 37.7 Å². The molecule has 0 heterocycles. The Balaban J connectivity index is 2.44. The third-order valence-electron chi connectivity index (χ3n) is 2.28. The van der Waals surface area contributed by atoms with Gasteiger partial charge in [-0.1, -0.05) is 12.1 Å². The lowest BCUT2D eigenvalue weighted by molar-refractivity contribution is -0.127. The van der Waals surface area contributed by atoms with E-state index in [1.54, 1.807) is 24.3 Å². The fourth-order valence-electron chi connectivity index (χ4n) is 1.42. The summed E-state index contributed by atoms with van der Waals surface area (Å²) < 4.78 is 0. The molecule has 5 nitrogen and oxygen atoms in total. The van der Waals surface area contributed by atoms with Crippen LogP contribution in [0.15, 0.2) is 24.3 Å². The molecule has 1 amide bonds. The van der Waals surface area contributed by atoms with Gasteiger partial charge in [0.05, 0.1) is 24.7 Å². The SMILES string of the molecule is N#Cc1ccc(CC(=O)CC(=O)NCCO)cc1. The number of nitriles is 1. The van der Waals surface area contributed by atoms with Crippen LogP contribution in [-0.4, -0.2) is 29.9 Å². The van der Waals surface area contributed by atoms with Crippen LogP contribution in [0.3, 0.4) is 0 Å². The van der Waals surface area contributed by atoms with E-state index in [0.29, 0.717) is 5.56 Å². The van der Waals surface area contributed by atoms with E-state index >= 15 is 0 Å². The molecule has 0 fully saturated rings. The first kappa shape index (κ1) is 13.9. The van der Waals surface area contributed by atoms with Gasteiger partial charge in [-0.3, -0.25) is 9.59 Å². The molecule has 0 saturated heterocycles. The van der Waals surface area contributed by atoms with Crippen LogP contribution in [0.25, 0.3) is 0 Å². The highest BCUT2D eigenvalue weighted by atomic mass is 16.3. The summed E-state index contributed by atoms with van der Waals surface area (Å²) in [7, 11) is 0. The number of hydrogen-bond acceptors (Lipinski definition) is 4. The predicted molar refractivity (Wildman–Crippen MR) is 64.6 cm³/mol. The van der Waals surface area contributed by atoms with Gasteiger partial charge in [-0.05, 0) is 17.7 Å². The van der Waals surface area contributed by atoms with Crippen LogP contribution < -0.4 is 5.32 Å². The maximum atomic E-state index is 11.6. The van der Waals surface area contributed by atoms with Gasteiger partial charge < -0.3 is 10.4 Å². The topological polar surface area (TPSA) is 90.2 Å². The van der Waals surface area contributed by atoms with Gasteiger partial charge in [0.1, 0.15) is 5.78 Å². The fourth-order valence-corrected chi connectivity index (χ4v) is 1.42. The molecule has 0 saturated carbocycles. The number of aliphatic hydroxyl groups is 1. The van der Waals surface area contributed by atoms with Gasteiger partial charge in [0.15, 0.2) is 0 Å². The van der Waals surface area contributed by atoms with Gasteiger partial charge in [-0.15, -0.1) is 0 Å². The highest BCUT2D eigenvalue weighted by molar-refractivity contribution is 5.98. The number of nitrogens with one attached hydrogen (secondary N) is 1. The van der Waals surface area contributed by atoms with Crippen molar-refractivity contribution in [2.24, 2.45) is 0 Å². The zero-order valence-electron chi connectivity index (χ0n) is 9.85. The number of nitrogens with zero attached hydrogens (tertiary/aromatic N) is 1. The Kier molecular flexibility index (Phi) is 5.55. The molecule has 0 aliphatic rings. The van der Waals surface area contributed by atoms with Crippen LogP contribution in [0.1, 0.15) is 17.5 Å². The van der Waals surface area contributed by atoms with Crippen molar-refractivity contribution in [3.05, 3.63) is 35.4 Å². The van der Waals surface area contributed by atoms with Gasteiger partial charge in [0, 0.05) is 13.0 Å². The largest absolute Gasteiger partial charge is 0.395 e. The molecule has 1 aromatic carbocycles. The average molecular weight is 246 g/mol. The Morgan fingerprint density at radius 1 is 1.28 bits per heavy atom. The number of rotatable bonds is 6. The van der Waals surface area contributed by atoms with Gasteiger partial charge >= 0.3 is 0 Å². The lowest BCUT2D eigenvalue weighted by Crippen LogP contribution is -2.28. The molecule has 0 aromatic heterocycles. The Hall–Kier alpha value is -2.19. The molecule has 0 bridgehead atoms. The Bertz CT molecular complexity index is 460. The molecule has 94 valence electrons. The van der Waals surface area contributed by atoms with Crippen LogP contribution in [0.2, 0.25) is 0 Å². The molecule has 0 radical (unpaired) electrons. The van der Waals surface area contributed by atoms with Crippen molar-refractivity contribution in [2.75, 3.05) is 13.2 Å². The smallest absolute Gasteiger partial charge is 0.227 e. The Morgan fingerprint density at radius 2 is 1.94 bits per heavy atom. The molecule has 0 unspecified atom stereocenters. The van der Waals surface area contributed by atoms with Crippen molar-refractivity contribution >= 4 is 11.7 Å². The Labute approximate surface area is 105 Å². The highest BCUT2D eigenvalue weighted by Gasteiger charge is 2.09. The maximum absolute atomic E-state index is 11.6. The minimum absolute atomic E-state index is 0.143. The molecule has 0 aliphatic heterocycles. The third kappa shape index (κ3) is 4.76. The summed E-state index contributed by atoms with van der Waals surface area (Å²) in [5.41, 5.74) is 1.31. The van der Waals surface area contributed by atoms with E-state index in [2.05, 4.69) is 5.32 Å². The third-order valence-corrected chi connectivity index (χ3v) is 2.28. The standard InChI is InChI=1S/C13H14N2O3/c14-9-11-3-1-10(2-4-11)7-12(17)8-13(18)15-5-6-16/h1-4,16H,5-8H2,(H,15,18). The number of Topliss-reactive ketones (excluding diaryl/α,β-unsaturated/α-hetero) is 1. The lowest BCUT2D eigenvalue weighted by Gasteiger charge is -2.03. The van der Waals surface area contributed by atoms with Crippen LogP contribution >= 0.6 is 0 Å². The van der Waals surface area contributed by atoms with E-state index in [9.17, 15) is 9.59 Å². The number of amides is 1. The van der Waals surface area contributed by atoms with Gasteiger partial charge in [0.25, 0.3) is 0 Å². The maximum Gasteiger partial charge on any atom is 0.227 e. The monoisotopic (exact) mass is 246 g/mol. The van der Waals surface area contributed by atoms with Crippen molar-refractivity contribution < 1.29 is 14.7 Å². The first-order valence-electron chi connectivity index (χ1n) is 5.54. The minimum Gasteiger partial charge on any atom is -0.395 e. The summed E-state index contributed by atoms with van der Waals surface area (Å²) in [6.45, 7) is 0.0124. The summed E-state index contributed by atoms with van der Waals surface area (Å²) >= 11 is 0. The molecule has 2 N–H and O–H groups in total. The van der Waals surface area contributed by atoms with Gasteiger partial charge in [-0.25, -0.2) is 0 Å². The van der Waals surface area contributed by atoms with Crippen molar-refractivity contribution in [2.45, 2.75) is 12.8 Å². The average Bonchev–Trinajstić information content (AvgIpc) is 2.37. The molecule has 0 spiro atoms. The van der Waals surface area contributed by atoms with E-state index < -0.39 is 0 Å². The number of benzene rings is 1. The summed E-state index contributed by atoms with van der Waals surface area (Å²) in [6.07, 6.45) is -0.0295. The molecule has 1 rings (SSSR count). The highest BCUT2D eigenvalue weighted by Crippen LogP contribution is 2.05. The minimum atomic E-state index is -0.386. The number of carbonyl (C=O) groups is 2. The van der Waals surface area contributed by atoms with Gasteiger partial charge in [-0.2, -0.15) is 5.26 Å². The number of ketones is 1. The van der Waals surface area contributed by atoms with E-state index in [1.165, 1.54) is 0 Å². The molecule has 1 aromatic rings. The molecule has 0 aliphatic carbocycles. The normalized spacial score (nSPS) is 9.56. The molecular formula is C13H14N2O3. The Morgan fingerprint density at radius 3 is 2.50 bits per heavy atom. The summed E-state index contributed by atoms with van der Waals surface area (Å²) in [4.78, 5) is 22.8. The summed E-state index contributed by atoms with van der Waals surface area (Å²) in [5.74, 6) is -0.585. The zero-order chi connectivity index (χ0) is 13.4. The quantitative estimate of drug-likeness (QED) is 0.700. The van der Waals surface area contributed by atoms with Crippen LogP contribution in [0.5, 0.6) is 0 Å². The molecular weight excluding hydrogens is 232 g/mol. The second-order valence-corrected chi connectivity index (χ2v) is 3.77. The van der Waals surface area contributed by atoms with Crippen LogP contribution in [0, 0.1) is 11.3 Å². The molecule has 0 atom stereocenters. The van der Waals surface area contributed by atoms with E-state index in [4.69, 9.17) is 10.4 Å². The van der Waals surface area contributed by atoms with Crippen LogP contribution in [-0.2, 0) is 16.0 Å². The van der Waals surface area contributed by atoms with Crippen molar-refractivity contribution in [1.29, 1.82) is 5.26 Å². The lowest BCUT2D eigenvalue weighted by atomic mass is 10.1. The fraction of sp³-hybridized carbons (Fsp3) is 0.308. The number of hydrogen-bond donors (Lipinski definition) is 2. The molecule has 5 heteroatoms. The van der Waals surface area contributed by atoms with Crippen molar-refractivity contribution in [1.82, 2.24) is 5.32 Å². The summed E-state index contributed by atoms with van der Waals surface area (Å²) in [6, 6.07) is 8.65. The van der Waals surface area contributed by atoms with Crippen molar-refractivity contribution in [3.8, 4) is 6.07 Å². The second kappa shape index (κ2) is 7.20. The van der Waals surface area contributed by atoms with Crippen LogP contribution in [0.4, 0.5) is 0 Å². The molecule has 18 heavy (non-hydrogen) atoms. The van der Waals surface area contributed by atoms with Crippen molar-refractivity contribution in [3.63, 3.8) is 0 Å². The number of aliphatic hydroxyl groups excluding tert-OH is 1. The first-order chi connectivity index (χ1) is 8.65. The second-order valence-electron chi connectivity index (χ2n) is 3.77. The summed E-state index contributed by atoms with van der Waals surface area (Å²) in [5, 5.41) is 19.5. The zero-order valence-corrected chi connectivity index (χ0v) is 9.85. The first-order valence-corrected chi connectivity index (χ1v) is 5.54.